The Morgan fingerprint density at radius 3 is 2.50 bits per heavy atom. The van der Waals surface area contributed by atoms with Crippen LogP contribution < -0.4 is 0 Å². The zero-order chi connectivity index (χ0) is 10.7. The summed E-state index contributed by atoms with van der Waals surface area (Å²) in [6.45, 7) is 4.25. The molecule has 78 valence electrons. The van der Waals surface area contributed by atoms with E-state index in [1.165, 1.54) is 0 Å². The van der Waals surface area contributed by atoms with Gasteiger partial charge in [-0.05, 0) is 45.5 Å². The third-order valence-electron chi connectivity index (χ3n) is 2.21. The second kappa shape index (κ2) is 4.80. The summed E-state index contributed by atoms with van der Waals surface area (Å²) in [5.41, 5.74) is 1.96. The molecule has 3 heteroatoms. The average Bonchev–Trinajstić information content (AvgIpc) is 2.12. The number of aliphatic hydroxyl groups is 1. The number of hydrogen-bond donors (Lipinski definition) is 2. The van der Waals surface area contributed by atoms with Crippen molar-refractivity contribution in [1.82, 2.24) is 0 Å². The molecule has 0 fully saturated rings. The summed E-state index contributed by atoms with van der Waals surface area (Å²) >= 11 is 3.30. The van der Waals surface area contributed by atoms with Crippen molar-refractivity contribution in [3.8, 4) is 5.75 Å². The lowest BCUT2D eigenvalue weighted by Gasteiger charge is -2.11. The van der Waals surface area contributed by atoms with Crippen LogP contribution in [0.5, 0.6) is 5.75 Å². The smallest absolute Gasteiger partial charge is 0.133 e. The number of aromatic hydroxyl groups is 1. The number of hydrogen-bond acceptors (Lipinski definition) is 2. The van der Waals surface area contributed by atoms with Gasteiger partial charge in [-0.15, -0.1) is 0 Å². The first-order valence-corrected chi connectivity index (χ1v) is 5.47. The van der Waals surface area contributed by atoms with Crippen LogP contribution in [-0.4, -0.2) is 16.8 Å². The van der Waals surface area contributed by atoms with Crippen molar-refractivity contribution in [2.45, 2.75) is 26.2 Å². The quantitative estimate of drug-likeness (QED) is 0.876. The summed E-state index contributed by atoms with van der Waals surface area (Å²) < 4.78 is 0.701. The number of phenolic OH excluding ortho intramolecular Hbond substituents is 1. The van der Waals surface area contributed by atoms with Crippen molar-refractivity contribution in [3.63, 3.8) is 0 Å². The van der Waals surface area contributed by atoms with E-state index in [0.29, 0.717) is 16.8 Å². The average molecular weight is 259 g/mol. The van der Waals surface area contributed by atoms with Crippen molar-refractivity contribution in [2.24, 2.45) is 0 Å². The molecule has 1 aromatic carbocycles. The van der Waals surface area contributed by atoms with Crippen molar-refractivity contribution < 1.29 is 10.2 Å². The molecular formula is C11H15BrO2. The summed E-state index contributed by atoms with van der Waals surface area (Å²) in [5, 5.41) is 18.5. The van der Waals surface area contributed by atoms with Gasteiger partial charge in [0.15, 0.2) is 0 Å². The first-order chi connectivity index (χ1) is 6.56. The molecule has 0 aliphatic heterocycles. The van der Waals surface area contributed by atoms with Gasteiger partial charge in [0.05, 0.1) is 4.47 Å². The molecule has 0 heterocycles. The molecule has 0 unspecified atom stereocenters. The van der Waals surface area contributed by atoms with E-state index < -0.39 is 0 Å². The van der Waals surface area contributed by atoms with Gasteiger partial charge in [0.1, 0.15) is 5.75 Å². The molecule has 0 saturated heterocycles. The monoisotopic (exact) mass is 258 g/mol. The van der Waals surface area contributed by atoms with Gasteiger partial charge in [-0.1, -0.05) is 19.9 Å². The number of rotatable bonds is 3. The van der Waals surface area contributed by atoms with Gasteiger partial charge in [-0.3, -0.25) is 0 Å². The summed E-state index contributed by atoms with van der Waals surface area (Å²) in [7, 11) is 0. The molecule has 0 aliphatic rings. The Kier molecular flexibility index (Phi) is 3.96. The standard InChI is InChI=1S/C11H15BrO2/c1-7(2)9-5-8(3-4-13)11(14)10(12)6-9/h5-7,13-14H,3-4H2,1-2H3. The molecular weight excluding hydrogens is 244 g/mol. The van der Waals surface area contributed by atoms with E-state index >= 15 is 0 Å². The van der Waals surface area contributed by atoms with Gasteiger partial charge >= 0.3 is 0 Å². The van der Waals surface area contributed by atoms with Crippen molar-refractivity contribution in [2.75, 3.05) is 6.61 Å². The Morgan fingerprint density at radius 2 is 2.00 bits per heavy atom. The number of benzene rings is 1. The van der Waals surface area contributed by atoms with E-state index in [9.17, 15) is 5.11 Å². The summed E-state index contributed by atoms with van der Waals surface area (Å²) in [4.78, 5) is 0. The molecule has 1 aromatic rings. The van der Waals surface area contributed by atoms with Gasteiger partial charge < -0.3 is 10.2 Å². The third kappa shape index (κ3) is 2.49. The SMILES string of the molecule is CC(C)c1cc(Br)c(O)c(CCO)c1. The molecule has 0 saturated carbocycles. The normalized spacial score (nSPS) is 10.9. The van der Waals surface area contributed by atoms with E-state index in [1.54, 1.807) is 0 Å². The highest BCUT2D eigenvalue weighted by Gasteiger charge is 2.09. The highest BCUT2D eigenvalue weighted by Crippen LogP contribution is 2.32. The minimum Gasteiger partial charge on any atom is -0.506 e. The Balaban J connectivity index is 3.14. The van der Waals surface area contributed by atoms with Crippen molar-refractivity contribution >= 4 is 15.9 Å². The third-order valence-corrected chi connectivity index (χ3v) is 2.82. The van der Waals surface area contributed by atoms with Gasteiger partial charge in [0.25, 0.3) is 0 Å². The second-order valence-corrected chi connectivity index (χ2v) is 4.49. The summed E-state index contributed by atoms with van der Waals surface area (Å²) in [5.74, 6) is 0.660. The molecule has 0 aromatic heterocycles. The zero-order valence-corrected chi connectivity index (χ0v) is 10.0. The number of aliphatic hydroxyl groups excluding tert-OH is 1. The van der Waals surface area contributed by atoms with E-state index in [4.69, 9.17) is 5.11 Å². The molecule has 0 atom stereocenters. The molecule has 1 rings (SSSR count). The highest BCUT2D eigenvalue weighted by atomic mass is 79.9. The van der Waals surface area contributed by atoms with Gasteiger partial charge in [0, 0.05) is 6.61 Å². The van der Waals surface area contributed by atoms with E-state index in [-0.39, 0.29) is 12.4 Å². The number of phenols is 1. The molecule has 0 amide bonds. The fraction of sp³-hybridized carbons (Fsp3) is 0.455. The second-order valence-electron chi connectivity index (χ2n) is 3.64. The first-order valence-electron chi connectivity index (χ1n) is 4.68. The maximum atomic E-state index is 9.68. The van der Waals surface area contributed by atoms with Crippen LogP contribution in [0.25, 0.3) is 0 Å². The van der Waals surface area contributed by atoms with Crippen molar-refractivity contribution in [3.05, 3.63) is 27.7 Å². The van der Waals surface area contributed by atoms with Gasteiger partial charge in [-0.2, -0.15) is 0 Å². The van der Waals surface area contributed by atoms with Crippen LogP contribution in [0, 0.1) is 0 Å². The van der Waals surface area contributed by atoms with Crippen LogP contribution in [-0.2, 0) is 6.42 Å². The molecule has 0 spiro atoms. The minimum absolute atomic E-state index is 0.0571. The largest absolute Gasteiger partial charge is 0.506 e. The van der Waals surface area contributed by atoms with Crippen LogP contribution in [0.15, 0.2) is 16.6 Å². The van der Waals surface area contributed by atoms with Crippen LogP contribution in [0.3, 0.4) is 0 Å². The zero-order valence-electron chi connectivity index (χ0n) is 8.42. The van der Waals surface area contributed by atoms with Crippen LogP contribution in [0.2, 0.25) is 0 Å². The van der Waals surface area contributed by atoms with E-state index in [0.717, 1.165) is 11.1 Å². The van der Waals surface area contributed by atoms with Crippen LogP contribution in [0.1, 0.15) is 30.9 Å². The molecule has 14 heavy (non-hydrogen) atoms. The number of halogens is 1. The van der Waals surface area contributed by atoms with E-state index in [1.807, 2.05) is 12.1 Å². The summed E-state index contributed by atoms with van der Waals surface area (Å²) in [6.07, 6.45) is 0.491. The molecule has 0 bridgehead atoms. The summed E-state index contributed by atoms with van der Waals surface area (Å²) in [6, 6.07) is 3.86. The predicted molar refractivity (Wildman–Crippen MR) is 60.7 cm³/mol. The minimum atomic E-state index is 0.0571. The Labute approximate surface area is 92.7 Å². The lowest BCUT2D eigenvalue weighted by molar-refractivity contribution is 0.297. The first kappa shape index (κ1) is 11.5. The van der Waals surface area contributed by atoms with Crippen LogP contribution >= 0.6 is 15.9 Å². The molecule has 0 aliphatic carbocycles. The predicted octanol–water partition coefficient (Wildman–Crippen LogP) is 2.81. The fourth-order valence-electron chi connectivity index (χ4n) is 1.32. The van der Waals surface area contributed by atoms with Crippen molar-refractivity contribution in [1.29, 1.82) is 0 Å². The van der Waals surface area contributed by atoms with E-state index in [2.05, 4.69) is 29.8 Å². The topological polar surface area (TPSA) is 40.5 Å². The molecule has 2 nitrogen and oxygen atoms in total. The lowest BCUT2D eigenvalue weighted by atomic mass is 9.99. The Morgan fingerprint density at radius 1 is 1.36 bits per heavy atom. The fourth-order valence-corrected chi connectivity index (χ4v) is 1.84. The highest BCUT2D eigenvalue weighted by molar-refractivity contribution is 9.10. The van der Waals surface area contributed by atoms with Gasteiger partial charge in [-0.25, -0.2) is 0 Å². The Hall–Kier alpha value is -0.540. The lowest BCUT2D eigenvalue weighted by Crippen LogP contribution is -1.95. The molecule has 0 radical (unpaired) electrons. The van der Waals surface area contributed by atoms with Crippen LogP contribution in [0.4, 0.5) is 0 Å². The van der Waals surface area contributed by atoms with Gasteiger partial charge in [0.2, 0.25) is 0 Å². The molecule has 2 N–H and O–H groups in total. The Bertz CT molecular complexity index is 321. The maximum absolute atomic E-state index is 9.68. The maximum Gasteiger partial charge on any atom is 0.133 e.